The molecule has 6 N–H and O–H groups in total. The second-order valence-corrected chi connectivity index (χ2v) is 14.5. The molecule has 0 spiro atoms. The number of phosphoric ester groups is 1. The van der Waals surface area contributed by atoms with Gasteiger partial charge in [-0.3, -0.25) is 33.0 Å². The number of amides is 1. The molecule has 1 aliphatic carbocycles. The molecular formula is C37H38N3O14P. The highest BCUT2D eigenvalue weighted by Gasteiger charge is 2.37. The fourth-order valence-corrected chi connectivity index (χ4v) is 7.10. The number of aromatic nitrogens is 2. The molecule has 0 saturated carbocycles. The lowest BCUT2D eigenvalue weighted by Gasteiger charge is -2.18. The Morgan fingerprint density at radius 3 is 2.56 bits per heavy atom. The summed E-state index contributed by atoms with van der Waals surface area (Å²) in [5.74, 6) is -1.59. The SMILES string of the molecule is Cc1cn([C@H]2C[C@@H](O)C(COP(=O)(O)OCCCCCCNC(=O)c3ccc(C(=O)O)c(-c4c5ccc(=O)cc-5oc5cc(O)ccc45)c3)O2)c(=O)[nH]c1=O. The molecule has 3 aromatic rings. The lowest BCUT2D eigenvalue weighted by molar-refractivity contribution is -0.0465. The molecule has 55 heavy (non-hydrogen) atoms. The molecule has 3 aliphatic rings. The van der Waals surface area contributed by atoms with E-state index in [-0.39, 0.29) is 64.3 Å². The number of fused-ring (bicyclic) bond motifs is 2. The molecule has 1 aromatic heterocycles. The Labute approximate surface area is 311 Å². The number of aliphatic hydroxyl groups excluding tert-OH is 1. The van der Waals surface area contributed by atoms with Crippen molar-refractivity contribution in [1.29, 1.82) is 0 Å². The first kappa shape index (κ1) is 39.3. The van der Waals surface area contributed by atoms with E-state index in [0.717, 1.165) is 4.57 Å². The van der Waals surface area contributed by atoms with Crippen molar-refractivity contribution in [2.45, 2.75) is 57.5 Å². The average molecular weight is 780 g/mol. The highest BCUT2D eigenvalue weighted by Crippen LogP contribution is 2.45. The fraction of sp³-hybridized carbons (Fsp3) is 0.324. The number of aliphatic hydroxyl groups is 1. The van der Waals surface area contributed by atoms with Crippen LogP contribution < -0.4 is 22.0 Å². The van der Waals surface area contributed by atoms with E-state index in [9.17, 15) is 48.8 Å². The molecule has 18 heteroatoms. The molecule has 0 radical (unpaired) electrons. The van der Waals surface area contributed by atoms with E-state index < -0.39 is 56.0 Å². The maximum atomic E-state index is 13.2. The van der Waals surface area contributed by atoms with Crippen molar-refractivity contribution in [3.8, 4) is 28.2 Å². The van der Waals surface area contributed by atoms with Crippen molar-refractivity contribution in [3.05, 3.63) is 109 Å². The van der Waals surface area contributed by atoms with Crippen molar-refractivity contribution >= 4 is 30.7 Å². The maximum absolute atomic E-state index is 13.2. The number of rotatable bonds is 15. The van der Waals surface area contributed by atoms with Gasteiger partial charge in [0.2, 0.25) is 0 Å². The van der Waals surface area contributed by atoms with Crippen molar-refractivity contribution in [2.24, 2.45) is 0 Å². The number of hydrogen-bond donors (Lipinski definition) is 6. The highest BCUT2D eigenvalue weighted by atomic mass is 31.2. The van der Waals surface area contributed by atoms with Crippen molar-refractivity contribution in [1.82, 2.24) is 14.9 Å². The second kappa shape index (κ2) is 16.5. The van der Waals surface area contributed by atoms with Crippen molar-refractivity contribution < 1.29 is 52.6 Å². The van der Waals surface area contributed by atoms with Crippen LogP contribution in [0, 0.1) is 6.92 Å². The van der Waals surface area contributed by atoms with Gasteiger partial charge in [-0.1, -0.05) is 12.8 Å². The standard InChI is InChI=1S/C37H38N3O14P/c1-20-18-40(37(48)39-34(20)44)32-17-28(43)31(54-32)19-52-55(49,50)51-13-5-3-2-4-12-38-35(45)21-6-9-24(36(46)47)27(14-21)33-25-10-7-22(41)15-29(25)53-30-16-23(42)8-11-26(30)33/h6-11,14-16,18,28,31-32,41,43H,2-5,12-13,17,19H2,1H3,(H,38,45)(H,46,47)(H,49,50)(H,39,44,48)/t28-,31?,32-/m1/s1. The van der Waals surface area contributed by atoms with E-state index in [2.05, 4.69) is 10.3 Å². The van der Waals surface area contributed by atoms with Crippen LogP contribution >= 0.6 is 7.82 Å². The number of nitrogens with zero attached hydrogens (tertiary/aromatic N) is 1. The number of ether oxygens (including phenoxy) is 1. The zero-order valence-electron chi connectivity index (χ0n) is 29.4. The molecule has 2 aliphatic heterocycles. The predicted octanol–water partition coefficient (Wildman–Crippen LogP) is 3.90. The summed E-state index contributed by atoms with van der Waals surface area (Å²) >= 11 is 0. The van der Waals surface area contributed by atoms with Crippen LogP contribution in [-0.4, -0.2) is 73.6 Å². The number of H-pyrrole nitrogens is 1. The number of phenols is 1. The third-order valence-electron chi connectivity index (χ3n) is 9.13. The largest absolute Gasteiger partial charge is 0.508 e. The van der Waals surface area contributed by atoms with E-state index >= 15 is 0 Å². The number of phenolic OH excluding ortho intramolecular Hbond substituents is 1. The average Bonchev–Trinajstić information content (AvgIpc) is 3.51. The lowest BCUT2D eigenvalue weighted by atomic mass is 9.89. The van der Waals surface area contributed by atoms with Gasteiger partial charge in [-0.25, -0.2) is 14.2 Å². The topological polar surface area (TPSA) is 257 Å². The summed E-state index contributed by atoms with van der Waals surface area (Å²) < 4.78 is 35.1. The van der Waals surface area contributed by atoms with Gasteiger partial charge >= 0.3 is 19.5 Å². The van der Waals surface area contributed by atoms with Gasteiger partial charge in [-0.2, -0.15) is 0 Å². The van der Waals surface area contributed by atoms with Crippen LogP contribution in [0.5, 0.6) is 5.75 Å². The van der Waals surface area contributed by atoms with E-state index in [0.29, 0.717) is 42.2 Å². The molecule has 2 unspecified atom stereocenters. The first-order valence-corrected chi connectivity index (χ1v) is 18.8. The Hall–Kier alpha value is -5.42. The molecule has 0 bridgehead atoms. The Bertz CT molecular complexity index is 2440. The van der Waals surface area contributed by atoms with Crippen LogP contribution in [-0.2, 0) is 18.3 Å². The lowest BCUT2D eigenvalue weighted by Crippen LogP contribution is -2.33. The smallest absolute Gasteiger partial charge is 0.472 e. The van der Waals surface area contributed by atoms with Gasteiger partial charge in [-0.05, 0) is 67.8 Å². The van der Waals surface area contributed by atoms with Gasteiger partial charge in [0.05, 0.1) is 24.9 Å². The van der Waals surface area contributed by atoms with Gasteiger partial charge in [0.1, 0.15) is 29.4 Å². The number of aryl methyl sites for hydroxylation is 1. The zero-order valence-corrected chi connectivity index (χ0v) is 30.3. The summed E-state index contributed by atoms with van der Waals surface area (Å²) in [5, 5.41) is 33.7. The Balaban J connectivity index is 0.981. The number of carboxylic acid groups (broad SMARTS) is 1. The van der Waals surface area contributed by atoms with Gasteiger partial charge in [0.15, 0.2) is 5.43 Å². The number of carboxylic acids is 1. The Kier molecular flexibility index (Phi) is 11.8. The minimum absolute atomic E-state index is 0.00825. The maximum Gasteiger partial charge on any atom is 0.472 e. The summed E-state index contributed by atoms with van der Waals surface area (Å²) in [7, 11) is -4.50. The molecule has 17 nitrogen and oxygen atoms in total. The number of nitrogens with one attached hydrogen (secondary N) is 2. The minimum Gasteiger partial charge on any atom is -0.508 e. The number of hydrogen-bond acceptors (Lipinski definition) is 12. The van der Waals surface area contributed by atoms with Crippen molar-refractivity contribution in [3.63, 3.8) is 0 Å². The zero-order chi connectivity index (χ0) is 39.4. The van der Waals surface area contributed by atoms with Crippen LogP contribution in [0.4, 0.5) is 0 Å². The summed E-state index contributed by atoms with van der Waals surface area (Å²) in [6.45, 7) is 1.21. The first-order chi connectivity index (χ1) is 26.2. The van der Waals surface area contributed by atoms with Gasteiger partial charge < -0.3 is 34.7 Å². The number of carbonyl (C=O) groups is 2. The van der Waals surface area contributed by atoms with Crippen LogP contribution in [0.2, 0.25) is 0 Å². The van der Waals surface area contributed by atoms with Crippen LogP contribution in [0.3, 0.4) is 0 Å². The fourth-order valence-electron chi connectivity index (χ4n) is 6.33. The van der Waals surface area contributed by atoms with Gasteiger partial charge in [0, 0.05) is 58.9 Å². The molecular weight excluding hydrogens is 741 g/mol. The number of aromatic carboxylic acids is 1. The van der Waals surface area contributed by atoms with Gasteiger partial charge in [0.25, 0.3) is 11.5 Å². The van der Waals surface area contributed by atoms with E-state index in [1.54, 1.807) is 6.07 Å². The molecule has 1 saturated heterocycles. The Morgan fingerprint density at radius 2 is 1.78 bits per heavy atom. The number of unbranched alkanes of at least 4 members (excludes halogenated alkanes) is 3. The van der Waals surface area contributed by atoms with E-state index in [1.807, 2.05) is 0 Å². The second-order valence-electron chi connectivity index (χ2n) is 13.1. The molecule has 4 atom stereocenters. The summed E-state index contributed by atoms with van der Waals surface area (Å²) in [4.78, 5) is 73.7. The van der Waals surface area contributed by atoms with Crippen LogP contribution in [0.1, 0.15) is 64.6 Å². The third kappa shape index (κ3) is 9.11. The predicted molar refractivity (Wildman–Crippen MR) is 196 cm³/mol. The van der Waals surface area contributed by atoms with Crippen molar-refractivity contribution in [2.75, 3.05) is 19.8 Å². The highest BCUT2D eigenvalue weighted by molar-refractivity contribution is 7.47. The summed E-state index contributed by atoms with van der Waals surface area (Å²) in [5.41, 5.74) is 0.0763. The minimum atomic E-state index is -4.50. The molecule has 3 heterocycles. The summed E-state index contributed by atoms with van der Waals surface area (Å²) in [6.07, 6.45) is 0.438. The monoisotopic (exact) mass is 779 g/mol. The number of benzene rings is 3. The third-order valence-corrected chi connectivity index (χ3v) is 10.1. The Morgan fingerprint density at radius 1 is 1.00 bits per heavy atom. The molecule has 290 valence electrons. The van der Waals surface area contributed by atoms with Gasteiger partial charge in [-0.15, -0.1) is 0 Å². The van der Waals surface area contributed by atoms with E-state index in [1.165, 1.54) is 61.7 Å². The molecule has 1 fully saturated rings. The number of phosphoric acid groups is 1. The van der Waals surface area contributed by atoms with E-state index in [4.69, 9.17) is 18.2 Å². The van der Waals surface area contributed by atoms with Crippen LogP contribution in [0.25, 0.3) is 33.4 Å². The quantitative estimate of drug-likeness (QED) is 0.0501. The normalized spacial score (nSPS) is 18.1. The summed E-state index contributed by atoms with van der Waals surface area (Å²) in [6, 6.07) is 12.7. The number of aromatic amines is 1. The molecule has 2 aromatic carbocycles. The number of carbonyl (C=O) groups excluding carboxylic acids is 1. The first-order valence-electron chi connectivity index (χ1n) is 17.3. The number of aromatic hydroxyl groups is 1. The van der Waals surface area contributed by atoms with Crippen LogP contribution in [0.15, 0.2) is 79.6 Å². The molecule has 6 rings (SSSR count). The molecule has 1 amide bonds.